The Kier molecular flexibility index (Phi) is 4.56. The highest BCUT2D eigenvalue weighted by atomic mass is 19.4. The summed E-state index contributed by atoms with van der Waals surface area (Å²) in [6.07, 6.45) is -4.33. The molecule has 23 heavy (non-hydrogen) atoms. The Morgan fingerprint density at radius 3 is 2.35 bits per heavy atom. The molecular formula is C17H23F3N2O. The molecule has 0 saturated carbocycles. The lowest BCUT2D eigenvalue weighted by atomic mass is 9.81. The Balaban J connectivity index is 1.77. The molecule has 0 N–H and O–H groups in total. The van der Waals surface area contributed by atoms with Gasteiger partial charge in [-0.3, -0.25) is 0 Å². The highest BCUT2D eigenvalue weighted by molar-refractivity contribution is 5.30. The van der Waals surface area contributed by atoms with Gasteiger partial charge in [-0.1, -0.05) is 13.0 Å². The molecule has 2 bridgehead atoms. The molecule has 0 aliphatic carbocycles. The van der Waals surface area contributed by atoms with Crippen molar-refractivity contribution in [2.75, 3.05) is 39.8 Å². The minimum absolute atomic E-state index is 0.00233. The fourth-order valence-corrected chi connectivity index (χ4v) is 3.88. The molecule has 0 aromatic heterocycles. The highest BCUT2D eigenvalue weighted by Gasteiger charge is 2.42. The van der Waals surface area contributed by atoms with Crippen LogP contribution < -0.4 is 4.74 Å². The zero-order valence-electron chi connectivity index (χ0n) is 13.5. The van der Waals surface area contributed by atoms with Gasteiger partial charge in [0.05, 0.1) is 5.56 Å². The average molecular weight is 328 g/mol. The number of alkyl halides is 3. The number of ether oxygens (including phenoxy) is 1. The molecule has 6 heteroatoms. The number of hydrogen-bond acceptors (Lipinski definition) is 3. The van der Waals surface area contributed by atoms with Crippen LogP contribution in [-0.4, -0.2) is 55.7 Å². The van der Waals surface area contributed by atoms with E-state index < -0.39 is 11.7 Å². The topological polar surface area (TPSA) is 15.7 Å². The number of rotatable bonds is 3. The zero-order valence-corrected chi connectivity index (χ0v) is 13.5. The van der Waals surface area contributed by atoms with Gasteiger partial charge in [-0.2, -0.15) is 13.2 Å². The maximum absolute atomic E-state index is 12.9. The maximum atomic E-state index is 12.9. The predicted molar refractivity (Wildman–Crippen MR) is 82.5 cm³/mol. The van der Waals surface area contributed by atoms with Crippen molar-refractivity contribution in [3.05, 3.63) is 29.8 Å². The van der Waals surface area contributed by atoms with Crippen LogP contribution in [0.15, 0.2) is 24.3 Å². The summed E-state index contributed by atoms with van der Waals surface area (Å²) in [5.74, 6) is 0.998. The minimum atomic E-state index is -4.33. The SMILES string of the molecule is CCN1CC2CN(C)CC(C1)C2Oc1cccc(C(F)(F)F)c1. The first-order valence-electron chi connectivity index (χ1n) is 8.11. The highest BCUT2D eigenvalue weighted by Crippen LogP contribution is 2.35. The summed E-state index contributed by atoms with van der Waals surface area (Å²) < 4.78 is 44.6. The van der Waals surface area contributed by atoms with Crippen LogP contribution in [0.25, 0.3) is 0 Å². The second-order valence-corrected chi connectivity index (χ2v) is 6.70. The van der Waals surface area contributed by atoms with E-state index in [9.17, 15) is 13.2 Å². The summed E-state index contributed by atoms with van der Waals surface area (Å²) in [4.78, 5) is 4.71. The van der Waals surface area contributed by atoms with E-state index >= 15 is 0 Å². The van der Waals surface area contributed by atoms with Crippen molar-refractivity contribution < 1.29 is 17.9 Å². The van der Waals surface area contributed by atoms with Crippen LogP contribution in [0, 0.1) is 11.8 Å². The first-order chi connectivity index (χ1) is 10.9. The van der Waals surface area contributed by atoms with Gasteiger partial charge in [0, 0.05) is 38.0 Å². The van der Waals surface area contributed by atoms with Crippen molar-refractivity contribution in [3.63, 3.8) is 0 Å². The van der Waals surface area contributed by atoms with E-state index in [0.717, 1.165) is 44.9 Å². The summed E-state index contributed by atoms with van der Waals surface area (Å²) in [6.45, 7) is 6.90. The Morgan fingerprint density at radius 2 is 1.78 bits per heavy atom. The van der Waals surface area contributed by atoms with Crippen molar-refractivity contribution in [1.29, 1.82) is 0 Å². The molecule has 0 amide bonds. The van der Waals surface area contributed by atoms with Gasteiger partial charge in [-0.25, -0.2) is 0 Å². The second-order valence-electron chi connectivity index (χ2n) is 6.70. The number of piperidine rings is 2. The fraction of sp³-hybridized carbons (Fsp3) is 0.647. The third-order valence-electron chi connectivity index (χ3n) is 4.89. The van der Waals surface area contributed by atoms with Crippen molar-refractivity contribution in [2.24, 2.45) is 11.8 Å². The van der Waals surface area contributed by atoms with Crippen molar-refractivity contribution in [1.82, 2.24) is 9.80 Å². The van der Waals surface area contributed by atoms with Gasteiger partial charge in [-0.15, -0.1) is 0 Å². The first-order valence-corrected chi connectivity index (χ1v) is 8.11. The standard InChI is InChI=1S/C17H23F3N2O/c1-3-22-10-12-8-21(2)9-13(11-22)16(12)23-15-6-4-5-14(7-15)17(18,19)20/h4-7,12-13,16H,3,8-11H2,1-2H3. The number of benzene rings is 1. The molecule has 0 radical (unpaired) electrons. The molecule has 1 aromatic rings. The molecule has 3 rings (SSSR count). The lowest BCUT2D eigenvalue weighted by molar-refractivity contribution is -0.137. The predicted octanol–water partition coefficient (Wildman–Crippen LogP) is 2.97. The van der Waals surface area contributed by atoms with E-state index in [4.69, 9.17) is 4.74 Å². The second kappa shape index (κ2) is 6.32. The van der Waals surface area contributed by atoms with Crippen molar-refractivity contribution >= 4 is 0 Å². The smallest absolute Gasteiger partial charge is 0.416 e. The van der Waals surface area contributed by atoms with E-state index in [1.165, 1.54) is 6.07 Å². The molecule has 2 heterocycles. The normalized spacial score (nSPS) is 29.5. The van der Waals surface area contributed by atoms with E-state index in [1.807, 2.05) is 0 Å². The summed E-state index contributed by atoms with van der Waals surface area (Å²) in [7, 11) is 2.10. The molecule has 2 unspecified atom stereocenters. The van der Waals surface area contributed by atoms with Gasteiger partial charge < -0.3 is 14.5 Å². The van der Waals surface area contributed by atoms with Crippen LogP contribution >= 0.6 is 0 Å². The molecule has 1 aromatic carbocycles. The number of likely N-dealkylation sites (tertiary alicyclic amines) is 2. The maximum Gasteiger partial charge on any atom is 0.416 e. The number of fused-ring (bicyclic) bond motifs is 2. The molecule has 0 spiro atoms. The van der Waals surface area contributed by atoms with E-state index in [2.05, 4.69) is 23.8 Å². The zero-order chi connectivity index (χ0) is 16.6. The summed E-state index contributed by atoms with van der Waals surface area (Å²) in [6, 6.07) is 5.24. The van der Waals surface area contributed by atoms with Crippen LogP contribution in [0.2, 0.25) is 0 Å². The summed E-state index contributed by atoms with van der Waals surface area (Å²) in [5.41, 5.74) is -0.650. The number of halogens is 3. The fourth-order valence-electron chi connectivity index (χ4n) is 3.88. The van der Waals surface area contributed by atoms with Crippen LogP contribution in [0.3, 0.4) is 0 Å². The molecular weight excluding hydrogens is 305 g/mol. The van der Waals surface area contributed by atoms with Crippen LogP contribution in [-0.2, 0) is 6.18 Å². The lowest BCUT2D eigenvalue weighted by Gasteiger charge is -2.49. The van der Waals surface area contributed by atoms with Gasteiger partial charge in [0.2, 0.25) is 0 Å². The Bertz CT molecular complexity index is 533. The van der Waals surface area contributed by atoms with Gasteiger partial charge in [0.25, 0.3) is 0 Å². The van der Waals surface area contributed by atoms with Crippen LogP contribution in [0.4, 0.5) is 13.2 Å². The van der Waals surface area contributed by atoms with Gasteiger partial charge >= 0.3 is 6.18 Å². The third kappa shape index (κ3) is 3.63. The Hall–Kier alpha value is -1.27. The summed E-state index contributed by atoms with van der Waals surface area (Å²) in [5, 5.41) is 0. The van der Waals surface area contributed by atoms with Gasteiger partial charge in [-0.05, 0) is 31.8 Å². The molecule has 2 atom stereocenters. The van der Waals surface area contributed by atoms with Crippen molar-refractivity contribution in [2.45, 2.75) is 19.2 Å². The van der Waals surface area contributed by atoms with E-state index in [1.54, 1.807) is 6.07 Å². The molecule has 128 valence electrons. The van der Waals surface area contributed by atoms with Crippen LogP contribution in [0.1, 0.15) is 12.5 Å². The van der Waals surface area contributed by atoms with E-state index in [-0.39, 0.29) is 6.10 Å². The quantitative estimate of drug-likeness (QED) is 0.848. The first kappa shape index (κ1) is 16.6. The number of hydrogen-bond donors (Lipinski definition) is 0. The Morgan fingerprint density at radius 1 is 1.13 bits per heavy atom. The van der Waals surface area contributed by atoms with Crippen molar-refractivity contribution in [3.8, 4) is 5.75 Å². The third-order valence-corrected chi connectivity index (χ3v) is 4.89. The number of nitrogens with zero attached hydrogens (tertiary/aromatic N) is 2. The monoisotopic (exact) mass is 328 g/mol. The largest absolute Gasteiger partial charge is 0.490 e. The molecule has 2 aliphatic heterocycles. The molecule has 3 nitrogen and oxygen atoms in total. The van der Waals surface area contributed by atoms with Gasteiger partial charge in [0.15, 0.2) is 0 Å². The lowest BCUT2D eigenvalue weighted by Crippen LogP contribution is -2.61. The molecule has 2 fully saturated rings. The minimum Gasteiger partial charge on any atom is -0.490 e. The molecule has 2 aliphatic rings. The average Bonchev–Trinajstić information content (AvgIpc) is 2.47. The molecule has 2 saturated heterocycles. The van der Waals surface area contributed by atoms with E-state index in [0.29, 0.717) is 17.6 Å². The summed E-state index contributed by atoms with van der Waals surface area (Å²) >= 11 is 0. The van der Waals surface area contributed by atoms with Gasteiger partial charge in [0.1, 0.15) is 11.9 Å². The van der Waals surface area contributed by atoms with Crippen LogP contribution in [0.5, 0.6) is 5.75 Å². The Labute approximate surface area is 135 Å².